The van der Waals surface area contributed by atoms with Crippen molar-refractivity contribution in [3.05, 3.63) is 24.2 Å². The third kappa shape index (κ3) is 2.61. The summed E-state index contributed by atoms with van der Waals surface area (Å²) in [6.07, 6.45) is 1.70. The number of aliphatic imine (C=N–C) groups is 1. The molecule has 16 heavy (non-hydrogen) atoms. The normalized spacial score (nSPS) is 22.2. The number of hydrogen-bond acceptors (Lipinski definition) is 4. The van der Waals surface area contributed by atoms with Crippen molar-refractivity contribution in [1.29, 1.82) is 0 Å². The fourth-order valence-corrected chi connectivity index (χ4v) is 2.86. The maximum absolute atomic E-state index is 5.35. The van der Waals surface area contributed by atoms with Gasteiger partial charge in [0.15, 0.2) is 5.17 Å². The van der Waals surface area contributed by atoms with Gasteiger partial charge in [0, 0.05) is 5.75 Å². The fourth-order valence-electron chi connectivity index (χ4n) is 1.60. The van der Waals surface area contributed by atoms with Gasteiger partial charge in [-0.3, -0.25) is 4.99 Å². The van der Waals surface area contributed by atoms with E-state index in [1.165, 1.54) is 0 Å². The molecule has 0 saturated heterocycles. The predicted octanol–water partition coefficient (Wildman–Crippen LogP) is 3.06. The molecule has 1 unspecified atom stereocenters. The zero-order valence-electron chi connectivity index (χ0n) is 9.93. The van der Waals surface area contributed by atoms with Crippen molar-refractivity contribution in [2.24, 2.45) is 10.9 Å². The van der Waals surface area contributed by atoms with Crippen LogP contribution in [0.25, 0.3) is 0 Å². The van der Waals surface area contributed by atoms with Gasteiger partial charge in [0.25, 0.3) is 0 Å². The maximum Gasteiger partial charge on any atom is 0.157 e. The van der Waals surface area contributed by atoms with Gasteiger partial charge < -0.3 is 9.73 Å². The largest absolute Gasteiger partial charge is 0.467 e. The van der Waals surface area contributed by atoms with Gasteiger partial charge in [0.2, 0.25) is 0 Å². The Morgan fingerprint density at radius 2 is 2.31 bits per heavy atom. The van der Waals surface area contributed by atoms with Gasteiger partial charge in [0.1, 0.15) is 5.76 Å². The molecule has 0 spiro atoms. The summed E-state index contributed by atoms with van der Waals surface area (Å²) in [6, 6.07) is 4.54. The molecule has 1 aromatic rings. The highest BCUT2D eigenvalue weighted by Gasteiger charge is 2.22. The van der Waals surface area contributed by atoms with Crippen molar-refractivity contribution >= 4 is 16.9 Å². The Balaban J connectivity index is 1.94. The van der Waals surface area contributed by atoms with Crippen LogP contribution in [-0.4, -0.2) is 17.0 Å². The van der Waals surface area contributed by atoms with Crippen molar-refractivity contribution in [3.8, 4) is 0 Å². The zero-order valence-corrected chi connectivity index (χ0v) is 10.8. The third-order valence-corrected chi connectivity index (χ3v) is 3.76. The number of nitrogens with one attached hydrogen (secondary N) is 1. The summed E-state index contributed by atoms with van der Waals surface area (Å²) in [5, 5.41) is 4.43. The molecule has 0 bridgehead atoms. The molecular formula is C12H18N2OS. The first-order valence-corrected chi connectivity index (χ1v) is 6.66. The Morgan fingerprint density at radius 1 is 1.50 bits per heavy atom. The van der Waals surface area contributed by atoms with E-state index in [0.717, 1.165) is 16.7 Å². The lowest BCUT2D eigenvalue weighted by Gasteiger charge is -2.11. The number of nitrogens with zero attached hydrogens (tertiary/aromatic N) is 1. The maximum atomic E-state index is 5.35. The van der Waals surface area contributed by atoms with E-state index in [2.05, 4.69) is 31.1 Å². The van der Waals surface area contributed by atoms with Crippen LogP contribution >= 0.6 is 11.8 Å². The SMILES string of the molecule is CC(NC1=N[C@@H](C(C)C)CS1)c1ccco1. The molecule has 1 aliphatic heterocycles. The average Bonchev–Trinajstić information content (AvgIpc) is 2.87. The Morgan fingerprint density at radius 3 is 2.88 bits per heavy atom. The second-order valence-corrected chi connectivity index (χ2v) is 5.45. The van der Waals surface area contributed by atoms with Gasteiger partial charge in [-0.25, -0.2) is 0 Å². The Bertz CT molecular complexity index is 359. The minimum atomic E-state index is 0.187. The predicted molar refractivity (Wildman–Crippen MR) is 68.8 cm³/mol. The van der Waals surface area contributed by atoms with Gasteiger partial charge in [-0.1, -0.05) is 25.6 Å². The van der Waals surface area contributed by atoms with Gasteiger partial charge in [0.05, 0.1) is 18.3 Å². The van der Waals surface area contributed by atoms with Crippen molar-refractivity contribution in [2.45, 2.75) is 32.9 Å². The molecule has 0 saturated carbocycles. The Hall–Kier alpha value is -0.900. The Kier molecular flexibility index (Phi) is 3.59. The van der Waals surface area contributed by atoms with Gasteiger partial charge in [-0.05, 0) is 25.0 Å². The van der Waals surface area contributed by atoms with E-state index in [4.69, 9.17) is 4.42 Å². The molecule has 1 aromatic heterocycles. The van der Waals surface area contributed by atoms with Crippen LogP contribution in [0.2, 0.25) is 0 Å². The van der Waals surface area contributed by atoms with Crippen molar-refractivity contribution in [2.75, 3.05) is 5.75 Å². The van der Waals surface area contributed by atoms with Crippen LogP contribution in [-0.2, 0) is 0 Å². The lowest BCUT2D eigenvalue weighted by atomic mass is 10.1. The van der Waals surface area contributed by atoms with Crippen LogP contribution < -0.4 is 5.32 Å². The minimum absolute atomic E-state index is 0.187. The molecule has 1 N–H and O–H groups in total. The summed E-state index contributed by atoms with van der Waals surface area (Å²) in [4.78, 5) is 4.66. The number of hydrogen-bond donors (Lipinski definition) is 1. The molecule has 4 heteroatoms. The number of thioether (sulfide) groups is 1. The first-order valence-electron chi connectivity index (χ1n) is 5.67. The smallest absolute Gasteiger partial charge is 0.157 e. The molecule has 88 valence electrons. The van der Waals surface area contributed by atoms with Gasteiger partial charge in [-0.2, -0.15) is 0 Å². The molecule has 2 atom stereocenters. The van der Waals surface area contributed by atoms with Crippen LogP contribution in [0.15, 0.2) is 27.8 Å². The molecule has 3 nitrogen and oxygen atoms in total. The van der Waals surface area contributed by atoms with Crippen LogP contribution in [0.5, 0.6) is 0 Å². The molecule has 0 radical (unpaired) electrons. The highest BCUT2D eigenvalue weighted by molar-refractivity contribution is 8.14. The van der Waals surface area contributed by atoms with Crippen LogP contribution in [0.4, 0.5) is 0 Å². The number of rotatable bonds is 3. The van der Waals surface area contributed by atoms with E-state index in [-0.39, 0.29) is 6.04 Å². The van der Waals surface area contributed by atoms with Gasteiger partial charge >= 0.3 is 0 Å². The topological polar surface area (TPSA) is 37.5 Å². The van der Waals surface area contributed by atoms with E-state index < -0.39 is 0 Å². The minimum Gasteiger partial charge on any atom is -0.467 e. The third-order valence-electron chi connectivity index (χ3n) is 2.75. The molecule has 0 fully saturated rings. The molecule has 2 heterocycles. The number of amidine groups is 1. The van der Waals surface area contributed by atoms with E-state index in [0.29, 0.717) is 12.0 Å². The van der Waals surface area contributed by atoms with Crippen LogP contribution in [0.1, 0.15) is 32.6 Å². The van der Waals surface area contributed by atoms with Crippen LogP contribution in [0.3, 0.4) is 0 Å². The monoisotopic (exact) mass is 238 g/mol. The Labute approximate surface area is 101 Å². The summed E-state index contributed by atoms with van der Waals surface area (Å²) in [7, 11) is 0. The second-order valence-electron chi connectivity index (χ2n) is 4.44. The lowest BCUT2D eigenvalue weighted by Crippen LogP contribution is -2.22. The van der Waals surface area contributed by atoms with E-state index in [1.54, 1.807) is 18.0 Å². The molecule has 1 aliphatic rings. The van der Waals surface area contributed by atoms with Crippen molar-refractivity contribution in [1.82, 2.24) is 5.32 Å². The van der Waals surface area contributed by atoms with E-state index in [1.807, 2.05) is 12.1 Å². The van der Waals surface area contributed by atoms with Crippen molar-refractivity contribution in [3.63, 3.8) is 0 Å². The highest BCUT2D eigenvalue weighted by atomic mass is 32.2. The average molecular weight is 238 g/mol. The summed E-state index contributed by atoms with van der Waals surface area (Å²) in [5.74, 6) is 2.66. The lowest BCUT2D eigenvalue weighted by molar-refractivity contribution is 0.463. The molecule has 0 amide bonds. The molecule has 2 rings (SSSR count). The summed E-state index contributed by atoms with van der Waals surface area (Å²) in [5.41, 5.74) is 0. The number of furan rings is 1. The first kappa shape index (κ1) is 11.6. The summed E-state index contributed by atoms with van der Waals surface area (Å²) < 4.78 is 5.35. The molecular weight excluding hydrogens is 220 g/mol. The van der Waals surface area contributed by atoms with Crippen LogP contribution in [0, 0.1) is 5.92 Å². The zero-order chi connectivity index (χ0) is 11.5. The second kappa shape index (κ2) is 4.95. The van der Waals surface area contributed by atoms with E-state index in [9.17, 15) is 0 Å². The summed E-state index contributed by atoms with van der Waals surface area (Å²) >= 11 is 1.80. The van der Waals surface area contributed by atoms with E-state index >= 15 is 0 Å². The standard InChI is InChI=1S/C12H18N2OS/c1-8(2)10-7-16-12(14-10)13-9(3)11-5-4-6-15-11/h4-6,8-10H,7H2,1-3H3,(H,13,14)/t9?,10-/m1/s1. The first-order chi connectivity index (χ1) is 7.66. The quantitative estimate of drug-likeness (QED) is 0.879. The van der Waals surface area contributed by atoms with Gasteiger partial charge in [-0.15, -0.1) is 0 Å². The molecule has 0 aliphatic carbocycles. The summed E-state index contributed by atoms with van der Waals surface area (Å²) in [6.45, 7) is 6.52. The van der Waals surface area contributed by atoms with Crippen molar-refractivity contribution < 1.29 is 4.42 Å². The molecule has 0 aromatic carbocycles. The highest BCUT2D eigenvalue weighted by Crippen LogP contribution is 2.24. The fraction of sp³-hybridized carbons (Fsp3) is 0.583.